The zero-order chi connectivity index (χ0) is 27.6. The topological polar surface area (TPSA) is 233 Å². The minimum Gasteiger partial charge on any atom is -0.768 e. The van der Waals surface area contributed by atoms with Gasteiger partial charge in [-0.1, -0.05) is 24.3 Å². The van der Waals surface area contributed by atoms with Gasteiger partial charge >= 0.3 is 0 Å². The number of nitrogens with two attached hydrogens (primary N) is 1. The van der Waals surface area contributed by atoms with Gasteiger partial charge in [-0.2, -0.15) is 18.6 Å². The molecule has 194 valence electrons. The molecule has 0 aromatic heterocycles. The second-order valence-electron chi connectivity index (χ2n) is 7.53. The molecule has 4 rings (SSSR count). The fourth-order valence-electron chi connectivity index (χ4n) is 3.41. The predicted octanol–water partition coefficient (Wildman–Crippen LogP) is 5.35. The summed E-state index contributed by atoms with van der Waals surface area (Å²) in [5, 5.41) is 36.9. The van der Waals surface area contributed by atoms with Crippen LogP contribution in [-0.4, -0.2) is 31.8 Å². The summed E-state index contributed by atoms with van der Waals surface area (Å²) in [5.41, 5.74) is 4.65. The summed E-state index contributed by atoms with van der Waals surface area (Å²) in [6.45, 7) is 0. The molecule has 0 saturated carbocycles. The number of azo groups is 2. The molecule has 4 aromatic rings. The number of fused-ring (bicyclic) bond motifs is 1. The molecule has 0 saturated heterocycles. The van der Waals surface area contributed by atoms with Crippen LogP contribution in [0, 0.1) is 10.1 Å². The molecule has 0 bridgehead atoms. The van der Waals surface area contributed by atoms with E-state index in [1.54, 1.807) is 30.3 Å². The van der Waals surface area contributed by atoms with E-state index in [0.717, 1.165) is 18.2 Å². The summed E-state index contributed by atoms with van der Waals surface area (Å²) in [6.07, 6.45) is 0. The Hall–Kier alpha value is -4.64. The number of phenolic OH excluding ortho intramolecular Hbond substituents is 1. The molecule has 0 aliphatic rings. The van der Waals surface area contributed by atoms with Gasteiger partial charge in [-0.3, -0.25) is 18.9 Å². The quantitative estimate of drug-likeness (QED) is 0.0664. The average Bonchev–Trinajstić information content (AvgIpc) is 2.87. The number of nitrogen functional groups attached to an aromatic ring is 1. The fraction of sp³-hybridized carbons (Fsp3) is 0. The van der Waals surface area contributed by atoms with Crippen LogP contribution < -0.4 is 5.73 Å². The Morgan fingerprint density at radius 3 is 2.16 bits per heavy atom. The molecule has 4 N–H and O–H groups in total. The van der Waals surface area contributed by atoms with Crippen LogP contribution in [0.15, 0.2) is 97.0 Å². The highest BCUT2D eigenvalue weighted by Gasteiger charge is 2.25. The van der Waals surface area contributed by atoms with Crippen molar-refractivity contribution in [1.29, 1.82) is 0 Å². The van der Waals surface area contributed by atoms with Crippen molar-refractivity contribution in [2.24, 2.45) is 20.5 Å². The number of nitro groups is 1. The Morgan fingerprint density at radius 1 is 0.895 bits per heavy atom. The van der Waals surface area contributed by atoms with Gasteiger partial charge in [0.05, 0.1) is 32.3 Å². The largest absolute Gasteiger partial charge is 0.768 e. The maximum atomic E-state index is 12.1. The Balaban J connectivity index is 1.97. The number of anilines is 1. The van der Waals surface area contributed by atoms with E-state index in [-0.39, 0.29) is 22.1 Å². The van der Waals surface area contributed by atoms with Crippen molar-refractivity contribution in [3.63, 3.8) is 0 Å². The number of aromatic hydroxyl groups is 1. The maximum Gasteiger partial charge on any atom is 0.296 e. The molecule has 0 heterocycles. The maximum absolute atomic E-state index is 12.1. The molecule has 0 radical (unpaired) electrons. The number of phenols is 1. The number of benzene rings is 4. The van der Waals surface area contributed by atoms with Crippen molar-refractivity contribution in [1.82, 2.24) is 0 Å². The van der Waals surface area contributed by atoms with E-state index in [1.807, 2.05) is 0 Å². The zero-order valence-corrected chi connectivity index (χ0v) is 20.5. The molecule has 0 spiro atoms. The van der Waals surface area contributed by atoms with Crippen LogP contribution in [-0.2, 0) is 21.2 Å². The summed E-state index contributed by atoms with van der Waals surface area (Å²) in [5.74, 6) is -0.831. The second-order valence-corrected chi connectivity index (χ2v) is 9.83. The second kappa shape index (κ2) is 10.4. The Kier molecular flexibility index (Phi) is 7.22. The summed E-state index contributed by atoms with van der Waals surface area (Å²) < 4.78 is 57.8. The Morgan fingerprint density at radius 2 is 1.53 bits per heavy atom. The number of hydrogen-bond donors (Lipinski definition) is 3. The van der Waals surface area contributed by atoms with Crippen molar-refractivity contribution in [2.45, 2.75) is 9.79 Å². The fourth-order valence-corrected chi connectivity index (χ4v) is 4.60. The predicted molar refractivity (Wildman–Crippen MR) is 135 cm³/mol. The standard InChI is InChI=1S/C22H16N6O8S2/c23-19-18-12(9-16(37(32)33)20(19)26-25-14-7-4-8-15(11-14)28(30)31)10-17(38(34,35)36)21(22(18)29)27-24-13-5-2-1-3-6-13/h1-11,29H,23H2,(H,32,33)(H,34,35,36)/p-1. The molecular weight excluding hydrogens is 540 g/mol. The van der Waals surface area contributed by atoms with Crippen molar-refractivity contribution in [3.8, 4) is 5.75 Å². The van der Waals surface area contributed by atoms with Crippen LogP contribution in [0.2, 0.25) is 0 Å². The highest BCUT2D eigenvalue weighted by Crippen LogP contribution is 2.48. The molecule has 38 heavy (non-hydrogen) atoms. The minimum absolute atomic E-state index is 0.00428. The molecule has 1 unspecified atom stereocenters. The first-order valence-electron chi connectivity index (χ1n) is 10.3. The molecule has 0 fully saturated rings. The van der Waals surface area contributed by atoms with Crippen molar-refractivity contribution >= 4 is 66.1 Å². The van der Waals surface area contributed by atoms with E-state index < -0.39 is 58.7 Å². The van der Waals surface area contributed by atoms with Gasteiger partial charge in [0.25, 0.3) is 15.8 Å². The lowest BCUT2D eigenvalue weighted by Crippen LogP contribution is -2.01. The van der Waals surface area contributed by atoms with Gasteiger partial charge in [-0.25, -0.2) is 0 Å². The molecular formula is C22H15N6O8S2-. The van der Waals surface area contributed by atoms with E-state index >= 15 is 0 Å². The Labute approximate surface area is 216 Å². The van der Waals surface area contributed by atoms with Crippen molar-refractivity contribution in [2.75, 3.05) is 5.73 Å². The van der Waals surface area contributed by atoms with Crippen LogP contribution in [0.25, 0.3) is 10.8 Å². The van der Waals surface area contributed by atoms with Crippen LogP contribution in [0.1, 0.15) is 0 Å². The van der Waals surface area contributed by atoms with E-state index in [0.29, 0.717) is 5.69 Å². The summed E-state index contributed by atoms with van der Waals surface area (Å²) >= 11 is -2.97. The van der Waals surface area contributed by atoms with E-state index in [4.69, 9.17) is 5.73 Å². The number of non-ortho nitro benzene ring substituents is 1. The molecule has 4 aromatic carbocycles. The van der Waals surface area contributed by atoms with Crippen LogP contribution in [0.4, 0.5) is 34.1 Å². The third-order valence-electron chi connectivity index (χ3n) is 5.10. The lowest BCUT2D eigenvalue weighted by atomic mass is 10.1. The summed E-state index contributed by atoms with van der Waals surface area (Å²) in [4.78, 5) is 8.98. The van der Waals surface area contributed by atoms with E-state index in [2.05, 4.69) is 20.5 Å². The number of nitro benzene ring substituents is 1. The molecule has 0 aliphatic carbocycles. The first kappa shape index (κ1) is 26.4. The normalized spacial score (nSPS) is 12.9. The van der Waals surface area contributed by atoms with Crippen molar-refractivity contribution < 1.29 is 31.8 Å². The van der Waals surface area contributed by atoms with Crippen molar-refractivity contribution in [3.05, 3.63) is 76.8 Å². The van der Waals surface area contributed by atoms with E-state index in [9.17, 15) is 37.0 Å². The number of nitrogens with zero attached hydrogens (tertiary/aromatic N) is 5. The highest BCUT2D eigenvalue weighted by molar-refractivity contribution is 7.86. The lowest BCUT2D eigenvalue weighted by Gasteiger charge is -2.16. The molecule has 14 nitrogen and oxygen atoms in total. The van der Waals surface area contributed by atoms with Crippen LogP contribution in [0.3, 0.4) is 0 Å². The molecule has 0 aliphatic heterocycles. The monoisotopic (exact) mass is 555 g/mol. The number of hydrogen-bond acceptors (Lipinski definition) is 12. The SMILES string of the molecule is Nc1c(N=Nc2cccc([N+](=O)[O-])c2)c(S(=O)[O-])cc2cc(S(=O)(=O)O)c(N=Nc3ccccc3)c(O)c12. The first-order valence-corrected chi connectivity index (χ1v) is 12.8. The number of rotatable bonds is 7. The van der Waals surface area contributed by atoms with Crippen LogP contribution in [0.5, 0.6) is 5.75 Å². The van der Waals surface area contributed by atoms with Gasteiger partial charge in [-0.15, -0.1) is 10.2 Å². The molecule has 16 heteroatoms. The Bertz CT molecular complexity index is 1780. The summed E-state index contributed by atoms with van der Waals surface area (Å²) in [6, 6.07) is 14.9. The van der Waals surface area contributed by atoms with Gasteiger partial charge < -0.3 is 15.4 Å². The molecule has 1 atom stereocenters. The van der Waals surface area contributed by atoms with Crippen LogP contribution >= 0.6 is 0 Å². The first-order chi connectivity index (χ1) is 18.0. The van der Waals surface area contributed by atoms with Gasteiger partial charge in [0.15, 0.2) is 5.75 Å². The van der Waals surface area contributed by atoms with Gasteiger partial charge in [0.1, 0.15) is 16.3 Å². The van der Waals surface area contributed by atoms with Gasteiger partial charge in [0, 0.05) is 12.1 Å². The van der Waals surface area contributed by atoms with Gasteiger partial charge in [-0.05, 0) is 46.8 Å². The smallest absolute Gasteiger partial charge is 0.296 e. The van der Waals surface area contributed by atoms with Gasteiger partial charge in [0.2, 0.25) is 0 Å². The highest BCUT2D eigenvalue weighted by atomic mass is 32.2. The third-order valence-corrected chi connectivity index (χ3v) is 6.64. The average molecular weight is 556 g/mol. The van der Waals surface area contributed by atoms with E-state index in [1.165, 1.54) is 18.2 Å². The zero-order valence-electron chi connectivity index (χ0n) is 18.8. The lowest BCUT2D eigenvalue weighted by molar-refractivity contribution is -0.384. The minimum atomic E-state index is -4.97. The molecule has 0 amide bonds. The summed E-state index contributed by atoms with van der Waals surface area (Å²) in [7, 11) is -4.97. The third kappa shape index (κ3) is 5.37.